The molecule has 0 spiro atoms. The van der Waals surface area contributed by atoms with Crippen molar-refractivity contribution in [3.63, 3.8) is 0 Å². The maximum atomic E-state index is 13.9. The van der Waals surface area contributed by atoms with E-state index in [-0.39, 0.29) is 30.6 Å². The molecule has 1 aliphatic rings. The second-order valence-electron chi connectivity index (χ2n) is 3.91. The van der Waals surface area contributed by atoms with Gasteiger partial charge >= 0.3 is 5.97 Å². The summed E-state index contributed by atoms with van der Waals surface area (Å²) >= 11 is 0. The van der Waals surface area contributed by atoms with Gasteiger partial charge in [-0.3, -0.25) is 4.79 Å². The minimum Gasteiger partial charge on any atom is -0.478 e. The molecule has 1 aromatic rings. The zero-order valence-electron chi connectivity index (χ0n) is 8.89. The fourth-order valence-corrected chi connectivity index (χ4v) is 1.86. The van der Waals surface area contributed by atoms with Crippen molar-refractivity contribution in [1.29, 1.82) is 0 Å². The van der Waals surface area contributed by atoms with Gasteiger partial charge in [-0.15, -0.1) is 0 Å². The van der Waals surface area contributed by atoms with Gasteiger partial charge in [0.05, 0.1) is 11.3 Å². The third kappa shape index (κ3) is 1.99. The summed E-state index contributed by atoms with van der Waals surface area (Å²) in [5, 5.41) is 8.78. The molecule has 0 bridgehead atoms. The Balaban J connectivity index is 2.43. The fourth-order valence-electron chi connectivity index (χ4n) is 1.86. The Hall–Kier alpha value is -1.95. The van der Waals surface area contributed by atoms with E-state index < -0.39 is 17.3 Å². The zero-order valence-corrected chi connectivity index (χ0v) is 8.89. The van der Waals surface area contributed by atoms with Gasteiger partial charge in [-0.25, -0.2) is 9.18 Å². The quantitative estimate of drug-likeness (QED) is 0.789. The molecule has 0 aromatic heterocycles. The average Bonchev–Trinajstić information content (AvgIpc) is 2.57. The number of carboxylic acid groups (broad SMARTS) is 1. The number of nitrogens with two attached hydrogens (primary N) is 1. The van der Waals surface area contributed by atoms with Gasteiger partial charge in [-0.2, -0.15) is 0 Å². The van der Waals surface area contributed by atoms with Crippen LogP contribution in [0, 0.1) is 5.82 Å². The molecule has 1 heterocycles. The van der Waals surface area contributed by atoms with Crippen molar-refractivity contribution in [3.05, 3.63) is 29.6 Å². The van der Waals surface area contributed by atoms with Crippen LogP contribution in [0.25, 0.3) is 0 Å². The molecular weight excluding hydrogens is 227 g/mol. The highest BCUT2D eigenvalue weighted by Gasteiger charge is 2.30. The number of halogens is 1. The minimum atomic E-state index is -1.36. The molecule has 0 aliphatic carbocycles. The van der Waals surface area contributed by atoms with E-state index in [4.69, 9.17) is 10.8 Å². The highest BCUT2D eigenvalue weighted by molar-refractivity contribution is 5.98. The third-order valence-corrected chi connectivity index (χ3v) is 2.65. The molecule has 1 amide bonds. The van der Waals surface area contributed by atoms with E-state index >= 15 is 0 Å². The molecule has 1 unspecified atom stereocenters. The molecule has 17 heavy (non-hydrogen) atoms. The number of carbonyl (C=O) groups excluding carboxylic acids is 1. The lowest BCUT2D eigenvalue weighted by atomic mass is 10.1. The van der Waals surface area contributed by atoms with E-state index in [1.165, 1.54) is 17.0 Å². The van der Waals surface area contributed by atoms with Crippen LogP contribution in [0.3, 0.4) is 0 Å². The lowest BCUT2D eigenvalue weighted by Gasteiger charge is -2.17. The standard InChI is InChI=1S/C11H11FN2O3/c12-10-7(11(16)17)2-1-3-8(10)14-5-6(13)4-9(14)15/h1-3,6H,4-5,13H2,(H,16,17). The number of hydrogen-bond donors (Lipinski definition) is 2. The molecule has 1 atom stereocenters. The van der Waals surface area contributed by atoms with Gasteiger partial charge in [0.2, 0.25) is 5.91 Å². The molecule has 2 rings (SSSR count). The summed E-state index contributed by atoms with van der Waals surface area (Å²) in [7, 11) is 0. The lowest BCUT2D eigenvalue weighted by Crippen LogP contribution is -2.29. The molecule has 90 valence electrons. The maximum Gasteiger partial charge on any atom is 0.338 e. The molecule has 1 saturated heterocycles. The first-order valence-corrected chi connectivity index (χ1v) is 5.08. The van der Waals surface area contributed by atoms with Crippen molar-refractivity contribution >= 4 is 17.6 Å². The summed E-state index contributed by atoms with van der Waals surface area (Å²) in [5.41, 5.74) is 5.13. The van der Waals surface area contributed by atoms with Crippen LogP contribution in [0.4, 0.5) is 10.1 Å². The highest BCUT2D eigenvalue weighted by atomic mass is 19.1. The van der Waals surface area contributed by atoms with Crippen LogP contribution < -0.4 is 10.6 Å². The van der Waals surface area contributed by atoms with Crippen LogP contribution in [0.1, 0.15) is 16.8 Å². The predicted octanol–water partition coefficient (Wildman–Crippen LogP) is 0.588. The summed E-state index contributed by atoms with van der Waals surface area (Å²) in [6.45, 7) is 0.207. The average molecular weight is 238 g/mol. The van der Waals surface area contributed by atoms with Crippen LogP contribution in [0.2, 0.25) is 0 Å². The number of anilines is 1. The van der Waals surface area contributed by atoms with Crippen molar-refractivity contribution in [2.45, 2.75) is 12.5 Å². The largest absolute Gasteiger partial charge is 0.478 e. The normalized spacial score (nSPS) is 19.8. The number of carbonyl (C=O) groups is 2. The Bertz CT molecular complexity index is 490. The summed E-state index contributed by atoms with van der Waals surface area (Å²) < 4.78 is 13.9. The maximum absolute atomic E-state index is 13.9. The molecule has 0 radical (unpaired) electrons. The second-order valence-corrected chi connectivity index (χ2v) is 3.91. The first-order valence-electron chi connectivity index (χ1n) is 5.08. The first kappa shape index (κ1) is 11.5. The molecule has 1 fully saturated rings. The van der Waals surface area contributed by atoms with Crippen molar-refractivity contribution in [2.24, 2.45) is 5.73 Å². The van der Waals surface area contributed by atoms with Crippen LogP contribution >= 0.6 is 0 Å². The van der Waals surface area contributed by atoms with Gasteiger partial charge in [0.25, 0.3) is 0 Å². The monoisotopic (exact) mass is 238 g/mol. The Labute approximate surface area is 96.6 Å². The topological polar surface area (TPSA) is 83.6 Å². The van der Waals surface area contributed by atoms with Crippen LogP contribution in [-0.4, -0.2) is 29.6 Å². The smallest absolute Gasteiger partial charge is 0.338 e. The molecule has 5 nitrogen and oxygen atoms in total. The van der Waals surface area contributed by atoms with Crippen molar-refractivity contribution in [1.82, 2.24) is 0 Å². The van der Waals surface area contributed by atoms with Crippen molar-refractivity contribution < 1.29 is 19.1 Å². The number of rotatable bonds is 2. The third-order valence-electron chi connectivity index (χ3n) is 2.65. The Morgan fingerprint density at radius 2 is 2.24 bits per heavy atom. The van der Waals surface area contributed by atoms with Gasteiger partial charge in [-0.05, 0) is 12.1 Å². The number of nitrogens with zero attached hydrogens (tertiary/aromatic N) is 1. The number of benzene rings is 1. The molecule has 6 heteroatoms. The Morgan fingerprint density at radius 1 is 1.53 bits per heavy atom. The molecule has 1 aliphatic heterocycles. The van der Waals surface area contributed by atoms with Gasteiger partial charge in [0.15, 0.2) is 5.82 Å². The van der Waals surface area contributed by atoms with Crippen LogP contribution in [-0.2, 0) is 4.79 Å². The number of carboxylic acids is 1. The van der Waals surface area contributed by atoms with Crippen LogP contribution in [0.5, 0.6) is 0 Å². The highest BCUT2D eigenvalue weighted by Crippen LogP contribution is 2.26. The van der Waals surface area contributed by atoms with Gasteiger partial charge < -0.3 is 15.7 Å². The number of aromatic carboxylic acids is 1. The van der Waals surface area contributed by atoms with Crippen LogP contribution in [0.15, 0.2) is 18.2 Å². The van der Waals surface area contributed by atoms with E-state index in [0.29, 0.717) is 0 Å². The van der Waals surface area contributed by atoms with E-state index in [1.807, 2.05) is 0 Å². The Morgan fingerprint density at radius 3 is 2.76 bits per heavy atom. The van der Waals surface area contributed by atoms with Crippen molar-refractivity contribution in [2.75, 3.05) is 11.4 Å². The first-order chi connectivity index (χ1) is 8.00. The van der Waals surface area contributed by atoms with E-state index in [2.05, 4.69) is 0 Å². The molecular formula is C11H11FN2O3. The molecule has 3 N–H and O–H groups in total. The fraction of sp³-hybridized carbons (Fsp3) is 0.273. The summed E-state index contributed by atoms with van der Waals surface area (Å²) in [5.74, 6) is -2.55. The summed E-state index contributed by atoms with van der Waals surface area (Å²) in [6, 6.07) is 3.59. The zero-order chi connectivity index (χ0) is 12.6. The minimum absolute atomic E-state index is 0.0251. The Kier molecular flexibility index (Phi) is 2.81. The SMILES string of the molecule is NC1CC(=O)N(c2cccc(C(=O)O)c2F)C1. The number of amides is 1. The van der Waals surface area contributed by atoms with E-state index in [1.54, 1.807) is 0 Å². The number of hydrogen-bond acceptors (Lipinski definition) is 3. The van der Waals surface area contributed by atoms with Crippen molar-refractivity contribution in [3.8, 4) is 0 Å². The molecule has 0 saturated carbocycles. The van der Waals surface area contributed by atoms with E-state index in [9.17, 15) is 14.0 Å². The van der Waals surface area contributed by atoms with E-state index in [0.717, 1.165) is 6.07 Å². The summed E-state index contributed by atoms with van der Waals surface area (Å²) in [4.78, 5) is 23.5. The lowest BCUT2D eigenvalue weighted by molar-refractivity contribution is -0.117. The van der Waals surface area contributed by atoms with Gasteiger partial charge in [0.1, 0.15) is 0 Å². The predicted molar refractivity (Wildman–Crippen MR) is 58.3 cm³/mol. The second kappa shape index (κ2) is 4.14. The summed E-state index contributed by atoms with van der Waals surface area (Å²) in [6.07, 6.45) is 0.150. The van der Waals surface area contributed by atoms with Gasteiger partial charge in [0, 0.05) is 19.0 Å². The van der Waals surface area contributed by atoms with Gasteiger partial charge in [-0.1, -0.05) is 6.07 Å². The molecule has 1 aromatic carbocycles.